The van der Waals surface area contributed by atoms with Crippen LogP contribution in [0.15, 0.2) is 40.9 Å². The summed E-state index contributed by atoms with van der Waals surface area (Å²) >= 11 is 5.78. The number of nitrogens with zero attached hydrogens (tertiary/aromatic N) is 2. The van der Waals surface area contributed by atoms with E-state index in [9.17, 15) is 13.2 Å². The Morgan fingerprint density at radius 3 is 2.45 bits per heavy atom. The van der Waals surface area contributed by atoms with Crippen LogP contribution >= 0.6 is 11.6 Å². The van der Waals surface area contributed by atoms with Crippen molar-refractivity contribution in [3.8, 4) is 11.5 Å². The Morgan fingerprint density at radius 2 is 1.80 bits per heavy atom. The Balaban J connectivity index is 2.02. The molecule has 3 nitrogen and oxygen atoms in total. The molecule has 0 fully saturated rings. The van der Waals surface area contributed by atoms with Crippen LogP contribution in [0.1, 0.15) is 5.56 Å². The van der Waals surface area contributed by atoms with Gasteiger partial charge in [-0.25, -0.2) is 9.97 Å². The zero-order valence-corrected chi connectivity index (χ0v) is 10.5. The summed E-state index contributed by atoms with van der Waals surface area (Å²) in [6.07, 6.45) is -2.96. The summed E-state index contributed by atoms with van der Waals surface area (Å²) in [6.45, 7) is 0. The van der Waals surface area contributed by atoms with Gasteiger partial charge in [-0.05, 0) is 30.3 Å². The van der Waals surface area contributed by atoms with E-state index < -0.39 is 11.7 Å². The molecule has 0 atom stereocenters. The van der Waals surface area contributed by atoms with E-state index in [1.165, 1.54) is 18.3 Å². The normalized spacial score (nSPS) is 12.0. The van der Waals surface area contributed by atoms with E-state index >= 15 is 0 Å². The SMILES string of the molecule is FC(F)(F)c1ccc(-c2nc3cc(Cl)cnc3o2)cc1. The molecule has 0 aliphatic rings. The molecular weight excluding hydrogens is 293 g/mol. The van der Waals surface area contributed by atoms with Crippen molar-refractivity contribution in [3.05, 3.63) is 47.1 Å². The minimum atomic E-state index is -4.37. The van der Waals surface area contributed by atoms with Crippen LogP contribution in [0.25, 0.3) is 22.7 Å². The summed E-state index contributed by atoms with van der Waals surface area (Å²) < 4.78 is 42.8. The smallest absolute Gasteiger partial charge is 0.416 e. The highest BCUT2D eigenvalue weighted by Gasteiger charge is 2.30. The van der Waals surface area contributed by atoms with Crippen LogP contribution in [0.3, 0.4) is 0 Å². The minimum Gasteiger partial charge on any atom is -0.418 e. The number of hydrogen-bond acceptors (Lipinski definition) is 3. The Labute approximate surface area is 116 Å². The third kappa shape index (κ3) is 2.34. The molecule has 3 rings (SSSR count). The van der Waals surface area contributed by atoms with Gasteiger partial charge in [0.05, 0.1) is 10.6 Å². The lowest BCUT2D eigenvalue weighted by atomic mass is 10.1. The van der Waals surface area contributed by atoms with Crippen molar-refractivity contribution in [1.29, 1.82) is 0 Å². The van der Waals surface area contributed by atoms with Crippen LogP contribution in [-0.4, -0.2) is 9.97 Å². The molecule has 1 aromatic carbocycles. The van der Waals surface area contributed by atoms with Gasteiger partial charge in [-0.15, -0.1) is 0 Å². The lowest BCUT2D eigenvalue weighted by molar-refractivity contribution is -0.137. The van der Waals surface area contributed by atoms with Gasteiger partial charge in [-0.1, -0.05) is 11.6 Å². The minimum absolute atomic E-state index is 0.198. The largest absolute Gasteiger partial charge is 0.418 e. The van der Waals surface area contributed by atoms with E-state index in [-0.39, 0.29) is 11.6 Å². The first-order valence-corrected chi connectivity index (χ1v) is 5.91. The second kappa shape index (κ2) is 4.49. The Bertz CT molecular complexity index is 765. The second-order valence-electron chi connectivity index (χ2n) is 4.07. The van der Waals surface area contributed by atoms with Gasteiger partial charge in [0.2, 0.25) is 11.6 Å². The molecule has 0 aliphatic carbocycles. The zero-order chi connectivity index (χ0) is 14.3. The zero-order valence-electron chi connectivity index (χ0n) is 9.78. The number of aromatic nitrogens is 2. The van der Waals surface area contributed by atoms with E-state index in [4.69, 9.17) is 16.0 Å². The first-order chi connectivity index (χ1) is 9.43. The lowest BCUT2D eigenvalue weighted by Crippen LogP contribution is -2.03. The summed E-state index contributed by atoms with van der Waals surface area (Å²) in [5.41, 5.74) is 0.447. The van der Waals surface area contributed by atoms with Crippen LogP contribution in [0.5, 0.6) is 0 Å². The Hall–Kier alpha value is -2.08. The predicted molar refractivity (Wildman–Crippen MR) is 67.3 cm³/mol. The van der Waals surface area contributed by atoms with Gasteiger partial charge in [0.1, 0.15) is 5.52 Å². The first kappa shape index (κ1) is 12.9. The van der Waals surface area contributed by atoms with E-state index in [0.717, 1.165) is 12.1 Å². The number of halogens is 4. The molecule has 2 heterocycles. The van der Waals surface area contributed by atoms with Crippen LogP contribution < -0.4 is 0 Å². The van der Waals surface area contributed by atoms with E-state index in [1.54, 1.807) is 6.07 Å². The van der Waals surface area contributed by atoms with Crippen LogP contribution in [-0.2, 0) is 6.18 Å². The summed E-state index contributed by atoms with van der Waals surface area (Å²) in [4.78, 5) is 8.08. The van der Waals surface area contributed by atoms with E-state index in [0.29, 0.717) is 16.1 Å². The van der Waals surface area contributed by atoms with Crippen molar-refractivity contribution in [2.75, 3.05) is 0 Å². The highest BCUT2D eigenvalue weighted by molar-refractivity contribution is 6.30. The lowest BCUT2D eigenvalue weighted by Gasteiger charge is -2.05. The number of hydrogen-bond donors (Lipinski definition) is 0. The summed E-state index contributed by atoms with van der Waals surface area (Å²) in [6, 6.07) is 6.13. The predicted octanol–water partition coefficient (Wildman–Crippen LogP) is 4.56. The molecular formula is C13H6ClF3N2O. The van der Waals surface area contributed by atoms with Crippen molar-refractivity contribution >= 4 is 22.8 Å². The van der Waals surface area contributed by atoms with Crippen LogP contribution in [0.2, 0.25) is 5.02 Å². The highest BCUT2D eigenvalue weighted by atomic mass is 35.5. The van der Waals surface area contributed by atoms with Gasteiger partial charge in [-0.3, -0.25) is 0 Å². The van der Waals surface area contributed by atoms with Gasteiger partial charge < -0.3 is 4.42 Å². The molecule has 0 bridgehead atoms. The van der Waals surface area contributed by atoms with Gasteiger partial charge in [0.25, 0.3) is 0 Å². The Morgan fingerprint density at radius 1 is 1.10 bits per heavy atom. The van der Waals surface area contributed by atoms with Gasteiger partial charge in [-0.2, -0.15) is 13.2 Å². The van der Waals surface area contributed by atoms with E-state index in [1.807, 2.05) is 0 Å². The number of rotatable bonds is 1. The quantitative estimate of drug-likeness (QED) is 0.661. The molecule has 0 spiro atoms. The fraction of sp³-hybridized carbons (Fsp3) is 0.0769. The van der Waals surface area contributed by atoms with Crippen LogP contribution in [0, 0.1) is 0 Å². The maximum Gasteiger partial charge on any atom is 0.416 e. The monoisotopic (exact) mass is 298 g/mol. The van der Waals surface area contributed by atoms with Crippen molar-refractivity contribution in [2.45, 2.75) is 6.18 Å². The standard InChI is InChI=1S/C13H6ClF3N2O/c14-9-5-10-12(18-6-9)20-11(19-10)7-1-3-8(4-2-7)13(15,16)17/h1-6H. The number of benzene rings is 1. The molecule has 0 N–H and O–H groups in total. The second-order valence-corrected chi connectivity index (χ2v) is 4.51. The molecule has 0 unspecified atom stereocenters. The fourth-order valence-electron chi connectivity index (χ4n) is 1.72. The number of alkyl halides is 3. The van der Waals surface area contributed by atoms with Gasteiger partial charge in [0, 0.05) is 11.8 Å². The maximum atomic E-state index is 12.5. The first-order valence-electron chi connectivity index (χ1n) is 5.53. The molecule has 20 heavy (non-hydrogen) atoms. The molecule has 0 saturated carbocycles. The fourth-order valence-corrected chi connectivity index (χ4v) is 1.88. The highest BCUT2D eigenvalue weighted by Crippen LogP contribution is 2.31. The molecule has 7 heteroatoms. The number of pyridine rings is 1. The molecule has 102 valence electrons. The van der Waals surface area contributed by atoms with Crippen molar-refractivity contribution in [2.24, 2.45) is 0 Å². The molecule has 2 aromatic heterocycles. The topological polar surface area (TPSA) is 38.9 Å². The number of oxazole rings is 1. The maximum absolute atomic E-state index is 12.5. The van der Waals surface area contributed by atoms with Gasteiger partial charge in [0.15, 0.2) is 0 Å². The molecule has 3 aromatic rings. The number of fused-ring (bicyclic) bond motifs is 1. The van der Waals surface area contributed by atoms with Crippen molar-refractivity contribution < 1.29 is 17.6 Å². The van der Waals surface area contributed by atoms with E-state index in [2.05, 4.69) is 9.97 Å². The molecule has 0 aliphatic heterocycles. The summed E-state index contributed by atoms with van der Waals surface area (Å²) in [5, 5.41) is 0.407. The van der Waals surface area contributed by atoms with Crippen LogP contribution in [0.4, 0.5) is 13.2 Å². The van der Waals surface area contributed by atoms with Crippen molar-refractivity contribution in [1.82, 2.24) is 9.97 Å². The third-order valence-corrected chi connectivity index (χ3v) is 2.88. The molecule has 0 saturated heterocycles. The van der Waals surface area contributed by atoms with Gasteiger partial charge >= 0.3 is 6.18 Å². The summed E-state index contributed by atoms with van der Waals surface area (Å²) in [5.74, 6) is 0.198. The third-order valence-electron chi connectivity index (χ3n) is 2.67. The summed E-state index contributed by atoms with van der Waals surface area (Å²) in [7, 11) is 0. The molecule has 0 amide bonds. The molecule has 0 radical (unpaired) electrons. The average molecular weight is 299 g/mol. The Kier molecular flexibility index (Phi) is 2.90. The average Bonchev–Trinajstić information content (AvgIpc) is 2.80. The van der Waals surface area contributed by atoms with Crippen molar-refractivity contribution in [3.63, 3.8) is 0 Å².